The molecule has 0 amide bonds. The molecule has 0 unspecified atom stereocenters. The molecule has 1 aromatic rings. The van der Waals surface area contributed by atoms with Crippen molar-refractivity contribution in [3.63, 3.8) is 0 Å². The van der Waals surface area contributed by atoms with Crippen molar-refractivity contribution in [3.05, 3.63) is 29.8 Å². The van der Waals surface area contributed by atoms with Crippen LogP contribution in [0.15, 0.2) is 29.2 Å². The second kappa shape index (κ2) is 5.21. The van der Waals surface area contributed by atoms with Gasteiger partial charge < -0.3 is 9.29 Å². The maximum Gasteiger partial charge on any atom is 0.0670 e. The van der Waals surface area contributed by atoms with Crippen molar-refractivity contribution in [1.29, 1.82) is 0 Å². The summed E-state index contributed by atoms with van der Waals surface area (Å²) in [5, 5.41) is 9.85. The van der Waals surface area contributed by atoms with E-state index in [2.05, 4.69) is 31.2 Å². The molecule has 1 aliphatic carbocycles. The van der Waals surface area contributed by atoms with Crippen LogP contribution in [0.1, 0.15) is 31.2 Å². The molecular weight excluding hydrogens is 220 g/mol. The molecule has 16 heavy (non-hydrogen) atoms. The molecule has 1 saturated carbocycles. The summed E-state index contributed by atoms with van der Waals surface area (Å²) in [6, 6.07) is 8.26. The molecule has 0 bridgehead atoms. The zero-order chi connectivity index (χ0) is 11.4. The summed E-state index contributed by atoms with van der Waals surface area (Å²) in [5.41, 5.74) is 0.835. The molecule has 0 aromatic heterocycles. The van der Waals surface area contributed by atoms with Gasteiger partial charge in [0.25, 0.3) is 0 Å². The lowest BCUT2D eigenvalue weighted by atomic mass is 9.78. The predicted molar refractivity (Wildman–Crippen MR) is 66.4 cm³/mol. The van der Waals surface area contributed by atoms with E-state index in [1.54, 1.807) is 0 Å². The molecule has 0 atom stereocenters. The van der Waals surface area contributed by atoms with Gasteiger partial charge in [-0.1, -0.05) is 17.7 Å². The molecule has 1 fully saturated rings. The summed E-state index contributed by atoms with van der Waals surface area (Å²) in [6.07, 6.45) is 3.78. The Balaban J connectivity index is 1.66. The fourth-order valence-corrected chi connectivity index (χ4v) is 2.32. The van der Waals surface area contributed by atoms with Crippen LogP contribution in [0.25, 0.3) is 0 Å². The zero-order valence-electron chi connectivity index (χ0n) is 9.61. The summed E-state index contributed by atoms with van der Waals surface area (Å²) in [6.45, 7) is 2.69. The van der Waals surface area contributed by atoms with Crippen molar-refractivity contribution in [1.82, 2.24) is 0 Å². The van der Waals surface area contributed by atoms with E-state index in [4.69, 9.17) is 4.18 Å². The Labute approximate surface area is 101 Å². The lowest BCUT2D eigenvalue weighted by molar-refractivity contribution is -0.0470. The SMILES string of the molecule is Cc1ccc(SOCCC2(O)CCC2)cc1. The minimum atomic E-state index is -0.423. The highest BCUT2D eigenvalue weighted by molar-refractivity contribution is 7.94. The lowest BCUT2D eigenvalue weighted by Crippen LogP contribution is -2.37. The van der Waals surface area contributed by atoms with Gasteiger partial charge in [0.2, 0.25) is 0 Å². The highest BCUT2D eigenvalue weighted by atomic mass is 32.2. The highest BCUT2D eigenvalue weighted by Gasteiger charge is 2.33. The smallest absolute Gasteiger partial charge is 0.0670 e. The molecule has 1 N–H and O–H groups in total. The van der Waals surface area contributed by atoms with E-state index in [0.29, 0.717) is 6.61 Å². The molecule has 1 aromatic carbocycles. The van der Waals surface area contributed by atoms with Gasteiger partial charge in [-0.25, -0.2) is 0 Å². The second-order valence-corrected chi connectivity index (χ2v) is 5.42. The molecule has 0 heterocycles. The second-order valence-electron chi connectivity index (χ2n) is 4.55. The van der Waals surface area contributed by atoms with E-state index in [1.165, 1.54) is 17.6 Å². The quantitative estimate of drug-likeness (QED) is 0.630. The first kappa shape index (κ1) is 12.0. The van der Waals surface area contributed by atoms with Gasteiger partial charge in [0, 0.05) is 23.4 Å². The minimum absolute atomic E-state index is 0.423. The van der Waals surface area contributed by atoms with Crippen LogP contribution in [0, 0.1) is 6.92 Å². The number of aliphatic hydroxyl groups is 1. The van der Waals surface area contributed by atoms with E-state index in [0.717, 1.165) is 30.6 Å². The predicted octanol–water partition coefficient (Wildman–Crippen LogP) is 3.32. The highest BCUT2D eigenvalue weighted by Crippen LogP contribution is 2.35. The molecule has 2 nitrogen and oxygen atoms in total. The van der Waals surface area contributed by atoms with Crippen molar-refractivity contribution < 1.29 is 9.29 Å². The first-order valence-corrected chi connectivity index (χ1v) is 6.51. The average molecular weight is 238 g/mol. The topological polar surface area (TPSA) is 29.5 Å². The molecule has 0 radical (unpaired) electrons. The largest absolute Gasteiger partial charge is 0.390 e. The molecular formula is C13H18O2S. The van der Waals surface area contributed by atoms with Crippen LogP contribution in [0.4, 0.5) is 0 Å². The molecule has 0 saturated heterocycles. The Morgan fingerprint density at radius 2 is 2.00 bits per heavy atom. The van der Waals surface area contributed by atoms with Gasteiger partial charge in [-0.3, -0.25) is 0 Å². The van der Waals surface area contributed by atoms with Gasteiger partial charge in [0.05, 0.1) is 12.2 Å². The van der Waals surface area contributed by atoms with Crippen molar-refractivity contribution >= 4 is 12.0 Å². The third-order valence-corrected chi connectivity index (χ3v) is 3.86. The van der Waals surface area contributed by atoms with Crippen molar-refractivity contribution in [3.8, 4) is 0 Å². The van der Waals surface area contributed by atoms with E-state index >= 15 is 0 Å². The lowest BCUT2D eigenvalue weighted by Gasteiger charge is -2.36. The summed E-state index contributed by atoms with van der Waals surface area (Å²) in [5.74, 6) is 0. The van der Waals surface area contributed by atoms with Gasteiger partial charge in [-0.2, -0.15) is 0 Å². The van der Waals surface area contributed by atoms with Gasteiger partial charge in [0.1, 0.15) is 0 Å². The fraction of sp³-hybridized carbons (Fsp3) is 0.538. The summed E-state index contributed by atoms with van der Waals surface area (Å²) in [4.78, 5) is 1.12. The average Bonchev–Trinajstić information content (AvgIpc) is 2.24. The Morgan fingerprint density at radius 3 is 2.56 bits per heavy atom. The Hall–Kier alpha value is -0.510. The van der Waals surface area contributed by atoms with Gasteiger partial charge >= 0.3 is 0 Å². The van der Waals surface area contributed by atoms with Crippen LogP contribution in [0.2, 0.25) is 0 Å². The monoisotopic (exact) mass is 238 g/mol. The molecule has 0 aliphatic heterocycles. The van der Waals surface area contributed by atoms with E-state index in [1.807, 2.05) is 0 Å². The number of hydrogen-bond donors (Lipinski definition) is 1. The Kier molecular flexibility index (Phi) is 3.90. The van der Waals surface area contributed by atoms with E-state index in [-0.39, 0.29) is 0 Å². The van der Waals surface area contributed by atoms with Crippen molar-refractivity contribution in [2.45, 2.75) is 43.1 Å². The number of hydrogen-bond acceptors (Lipinski definition) is 3. The number of benzene rings is 1. The maximum atomic E-state index is 9.85. The summed E-state index contributed by atoms with van der Waals surface area (Å²) < 4.78 is 5.49. The third-order valence-electron chi connectivity index (χ3n) is 3.11. The standard InChI is InChI=1S/C13H18O2S/c1-11-3-5-12(6-4-11)16-15-10-9-13(14)7-2-8-13/h3-6,14H,2,7-10H2,1H3. The molecule has 1 aliphatic rings. The Bertz CT molecular complexity index is 330. The van der Waals surface area contributed by atoms with Crippen molar-refractivity contribution in [2.75, 3.05) is 6.61 Å². The Morgan fingerprint density at radius 1 is 1.31 bits per heavy atom. The van der Waals surface area contributed by atoms with Crippen LogP contribution in [0.3, 0.4) is 0 Å². The molecule has 88 valence electrons. The molecule has 2 rings (SSSR count). The van der Waals surface area contributed by atoms with Gasteiger partial charge in [-0.05, 0) is 38.3 Å². The van der Waals surface area contributed by atoms with Crippen LogP contribution in [0.5, 0.6) is 0 Å². The summed E-state index contributed by atoms with van der Waals surface area (Å²) >= 11 is 1.39. The maximum absolute atomic E-state index is 9.85. The van der Waals surface area contributed by atoms with Gasteiger partial charge in [-0.15, -0.1) is 0 Å². The fourth-order valence-electron chi connectivity index (χ4n) is 1.77. The van der Waals surface area contributed by atoms with E-state index < -0.39 is 5.60 Å². The van der Waals surface area contributed by atoms with E-state index in [9.17, 15) is 5.11 Å². The first-order chi connectivity index (χ1) is 7.68. The zero-order valence-corrected chi connectivity index (χ0v) is 10.4. The number of aryl methyl sites for hydroxylation is 1. The molecule has 0 spiro atoms. The van der Waals surface area contributed by atoms with Crippen molar-refractivity contribution in [2.24, 2.45) is 0 Å². The first-order valence-electron chi connectivity index (χ1n) is 5.77. The summed E-state index contributed by atoms with van der Waals surface area (Å²) in [7, 11) is 0. The normalized spacial score (nSPS) is 18.1. The van der Waals surface area contributed by atoms with Gasteiger partial charge in [0.15, 0.2) is 0 Å². The van der Waals surface area contributed by atoms with Crippen LogP contribution in [-0.2, 0) is 4.18 Å². The van der Waals surface area contributed by atoms with Crippen LogP contribution in [-0.4, -0.2) is 17.3 Å². The third kappa shape index (κ3) is 3.24. The minimum Gasteiger partial charge on any atom is -0.390 e. The number of rotatable bonds is 5. The van der Waals surface area contributed by atoms with Crippen LogP contribution >= 0.6 is 12.0 Å². The van der Waals surface area contributed by atoms with Crippen LogP contribution < -0.4 is 0 Å². The molecule has 3 heteroatoms.